The number of non-ortho nitro benzene ring substituents is 1. The highest BCUT2D eigenvalue weighted by Crippen LogP contribution is 2.31. The number of ether oxygens (including phenoxy) is 1. The molecular weight excluding hydrogens is 414 g/mol. The third-order valence-electron chi connectivity index (χ3n) is 4.76. The normalized spacial score (nSPS) is 11.2. The molecule has 8 nitrogen and oxygen atoms in total. The predicted molar refractivity (Wildman–Crippen MR) is 117 cm³/mol. The van der Waals surface area contributed by atoms with Crippen LogP contribution in [-0.2, 0) is 11.2 Å². The lowest BCUT2D eigenvalue weighted by Crippen LogP contribution is -2.14. The van der Waals surface area contributed by atoms with Gasteiger partial charge in [-0.25, -0.2) is 4.79 Å². The first-order valence-electron chi connectivity index (χ1n) is 9.74. The average molecular weight is 431 g/mol. The number of benzene rings is 2. The third-order valence-corrected chi connectivity index (χ3v) is 4.76. The van der Waals surface area contributed by atoms with Crippen molar-refractivity contribution in [3.8, 4) is 17.3 Å². The smallest absolute Gasteiger partial charge is 0.336 e. The monoisotopic (exact) mass is 431 g/mol. The first-order chi connectivity index (χ1) is 15.5. The Morgan fingerprint density at radius 3 is 2.72 bits per heavy atom. The Labute approximate surface area is 181 Å². The van der Waals surface area contributed by atoms with Gasteiger partial charge in [-0.15, -0.1) is 0 Å². The topological polar surface area (TPSA) is 113 Å². The molecular formula is C24H17NO7. The highest BCUT2D eigenvalue weighted by molar-refractivity contribution is 5.91. The number of rotatable bonds is 6. The van der Waals surface area contributed by atoms with Gasteiger partial charge in [0.25, 0.3) is 5.69 Å². The van der Waals surface area contributed by atoms with Crippen molar-refractivity contribution in [2.45, 2.75) is 13.3 Å². The van der Waals surface area contributed by atoms with E-state index in [2.05, 4.69) is 0 Å². The molecule has 2 heterocycles. The number of nitro groups is 1. The van der Waals surface area contributed by atoms with Crippen molar-refractivity contribution in [3.63, 3.8) is 0 Å². The second kappa shape index (κ2) is 8.73. The Morgan fingerprint density at radius 1 is 1.16 bits per heavy atom. The Balaban J connectivity index is 1.72. The van der Waals surface area contributed by atoms with Gasteiger partial charge in [-0.05, 0) is 47.9 Å². The molecule has 0 atom stereocenters. The van der Waals surface area contributed by atoms with Gasteiger partial charge >= 0.3 is 5.97 Å². The van der Waals surface area contributed by atoms with Crippen LogP contribution in [0.2, 0.25) is 0 Å². The molecule has 8 heteroatoms. The molecule has 0 unspecified atom stereocenters. The minimum absolute atomic E-state index is 0.00570. The predicted octanol–water partition coefficient (Wildman–Crippen LogP) is 5.14. The molecule has 0 aliphatic carbocycles. The Morgan fingerprint density at radius 2 is 2.00 bits per heavy atom. The number of aryl methyl sites for hydroxylation is 1. The number of furan rings is 1. The summed E-state index contributed by atoms with van der Waals surface area (Å²) in [6.45, 7) is 1.96. The van der Waals surface area contributed by atoms with Crippen LogP contribution in [0.15, 0.2) is 80.6 Å². The lowest BCUT2D eigenvalue weighted by atomic mass is 10.1. The Hall–Kier alpha value is -4.46. The summed E-state index contributed by atoms with van der Waals surface area (Å²) in [5.41, 5.74) is 1.08. The van der Waals surface area contributed by atoms with E-state index in [-0.39, 0.29) is 28.3 Å². The van der Waals surface area contributed by atoms with Gasteiger partial charge in [0.05, 0.1) is 16.6 Å². The van der Waals surface area contributed by atoms with Crippen LogP contribution in [0.25, 0.3) is 28.6 Å². The molecule has 160 valence electrons. The SMILES string of the molecule is CCc1ccc2oc(-c3ccco3)c(OC(=O)/C=C/c3cccc([N+](=O)[O-])c3)c(=O)c2c1. The van der Waals surface area contributed by atoms with E-state index in [0.29, 0.717) is 11.1 Å². The van der Waals surface area contributed by atoms with Crippen molar-refractivity contribution in [1.29, 1.82) is 0 Å². The van der Waals surface area contributed by atoms with Crippen molar-refractivity contribution in [3.05, 3.63) is 98.4 Å². The number of nitro benzene ring substituents is 1. The van der Waals surface area contributed by atoms with Crippen LogP contribution in [0.3, 0.4) is 0 Å². The van der Waals surface area contributed by atoms with E-state index in [4.69, 9.17) is 13.6 Å². The van der Waals surface area contributed by atoms with E-state index >= 15 is 0 Å². The lowest BCUT2D eigenvalue weighted by Gasteiger charge is -2.08. The molecule has 0 bridgehead atoms. The molecule has 32 heavy (non-hydrogen) atoms. The molecule has 0 saturated heterocycles. The van der Waals surface area contributed by atoms with Gasteiger partial charge in [0, 0.05) is 18.2 Å². The van der Waals surface area contributed by atoms with E-state index in [1.165, 1.54) is 30.5 Å². The zero-order chi connectivity index (χ0) is 22.7. The van der Waals surface area contributed by atoms with Crippen molar-refractivity contribution < 1.29 is 23.3 Å². The molecule has 0 aliphatic rings. The Bertz CT molecular complexity index is 1400. The minimum atomic E-state index is -0.845. The van der Waals surface area contributed by atoms with Gasteiger partial charge in [0.15, 0.2) is 5.76 Å². The number of hydrogen-bond acceptors (Lipinski definition) is 7. The summed E-state index contributed by atoms with van der Waals surface area (Å²) in [6, 6.07) is 14.2. The van der Waals surface area contributed by atoms with Crippen LogP contribution >= 0.6 is 0 Å². The zero-order valence-electron chi connectivity index (χ0n) is 16.9. The van der Waals surface area contributed by atoms with Crippen LogP contribution in [0, 0.1) is 10.1 Å². The molecule has 0 amide bonds. The Kier molecular flexibility index (Phi) is 5.67. The summed E-state index contributed by atoms with van der Waals surface area (Å²) < 4.78 is 16.6. The summed E-state index contributed by atoms with van der Waals surface area (Å²) in [7, 11) is 0. The van der Waals surface area contributed by atoms with E-state index in [0.717, 1.165) is 18.1 Å². The number of nitrogens with zero attached hydrogens (tertiary/aromatic N) is 1. The van der Waals surface area contributed by atoms with Crippen molar-refractivity contribution in [1.82, 2.24) is 0 Å². The maximum atomic E-state index is 13.2. The summed E-state index contributed by atoms with van der Waals surface area (Å²) in [6.07, 6.45) is 4.57. The summed E-state index contributed by atoms with van der Waals surface area (Å²) in [5.74, 6) is -0.917. The maximum absolute atomic E-state index is 13.2. The van der Waals surface area contributed by atoms with Gasteiger partial charge in [0.2, 0.25) is 16.9 Å². The number of hydrogen-bond donors (Lipinski definition) is 0. The highest BCUT2D eigenvalue weighted by Gasteiger charge is 2.21. The molecule has 0 saturated carbocycles. The van der Waals surface area contributed by atoms with E-state index < -0.39 is 16.3 Å². The van der Waals surface area contributed by atoms with Gasteiger partial charge in [0.1, 0.15) is 5.58 Å². The second-order valence-corrected chi connectivity index (χ2v) is 6.86. The fourth-order valence-electron chi connectivity index (χ4n) is 3.15. The van der Waals surface area contributed by atoms with E-state index in [9.17, 15) is 19.7 Å². The van der Waals surface area contributed by atoms with Gasteiger partial charge in [-0.3, -0.25) is 14.9 Å². The number of carbonyl (C=O) groups excluding carboxylic acids is 1. The van der Waals surface area contributed by atoms with Crippen LogP contribution in [0.5, 0.6) is 5.75 Å². The molecule has 0 spiro atoms. The highest BCUT2D eigenvalue weighted by atomic mass is 16.6. The lowest BCUT2D eigenvalue weighted by molar-refractivity contribution is -0.384. The molecule has 2 aromatic heterocycles. The molecule has 0 aliphatic heterocycles. The largest absolute Gasteiger partial charge is 0.461 e. The average Bonchev–Trinajstić information content (AvgIpc) is 3.34. The number of fused-ring (bicyclic) bond motifs is 1. The minimum Gasteiger partial charge on any atom is -0.461 e. The molecule has 4 aromatic rings. The molecule has 2 aromatic carbocycles. The molecule has 0 radical (unpaired) electrons. The standard InChI is InChI=1S/C24H17NO7/c1-2-15-8-10-19-18(14-15)22(27)24(23(31-19)20-7-4-12-30-20)32-21(26)11-9-16-5-3-6-17(13-16)25(28)29/h3-14H,2H2,1H3/b11-9+. The van der Waals surface area contributed by atoms with Crippen molar-refractivity contribution in [2.75, 3.05) is 0 Å². The van der Waals surface area contributed by atoms with Gasteiger partial charge in [-0.1, -0.05) is 25.1 Å². The number of esters is 1. The van der Waals surface area contributed by atoms with Crippen LogP contribution in [0.1, 0.15) is 18.1 Å². The van der Waals surface area contributed by atoms with Crippen LogP contribution in [0.4, 0.5) is 5.69 Å². The maximum Gasteiger partial charge on any atom is 0.336 e. The summed E-state index contributed by atoms with van der Waals surface area (Å²) >= 11 is 0. The van der Waals surface area contributed by atoms with Gasteiger partial charge in [-0.2, -0.15) is 0 Å². The van der Waals surface area contributed by atoms with E-state index in [1.54, 1.807) is 30.3 Å². The first-order valence-corrected chi connectivity index (χ1v) is 9.74. The van der Waals surface area contributed by atoms with E-state index in [1.807, 2.05) is 13.0 Å². The third kappa shape index (κ3) is 4.20. The molecule has 4 rings (SSSR count). The number of carbonyl (C=O) groups is 1. The van der Waals surface area contributed by atoms with Crippen molar-refractivity contribution in [2.24, 2.45) is 0 Å². The van der Waals surface area contributed by atoms with Crippen LogP contribution in [-0.4, -0.2) is 10.9 Å². The van der Waals surface area contributed by atoms with Gasteiger partial charge < -0.3 is 13.6 Å². The summed E-state index contributed by atoms with van der Waals surface area (Å²) in [4.78, 5) is 36.0. The second-order valence-electron chi connectivity index (χ2n) is 6.86. The molecule has 0 fully saturated rings. The van der Waals surface area contributed by atoms with Crippen LogP contribution < -0.4 is 10.2 Å². The quantitative estimate of drug-likeness (QED) is 0.180. The fourth-order valence-corrected chi connectivity index (χ4v) is 3.15. The summed E-state index contributed by atoms with van der Waals surface area (Å²) in [5, 5.41) is 11.2. The molecule has 0 N–H and O–H groups in total. The first kappa shape index (κ1) is 20.8. The fraction of sp³-hybridized carbons (Fsp3) is 0.0833. The van der Waals surface area contributed by atoms with Crippen molar-refractivity contribution >= 4 is 28.7 Å². The zero-order valence-corrected chi connectivity index (χ0v) is 16.9.